The zero-order valence-corrected chi connectivity index (χ0v) is 10.0. The summed E-state index contributed by atoms with van der Waals surface area (Å²) in [6.45, 7) is 0. The van der Waals surface area contributed by atoms with Crippen molar-refractivity contribution in [2.75, 3.05) is 0 Å². The molecule has 106 valence electrons. The number of hydrogen-bond donors (Lipinski definition) is 4. The standard InChI is InChI=1S/C11H15NO7/c13-8(5-6-10(16)17)12-7(11(18)19)3-1-2-4-9(14)15/h1-2,7H,3-6H2,(H,12,13)(H,14,15)(H,16,17)(H,18,19)/b2-1+. The quantitative estimate of drug-likeness (QED) is 0.428. The summed E-state index contributed by atoms with van der Waals surface area (Å²) in [5.74, 6) is -4.15. The first-order valence-electron chi connectivity index (χ1n) is 5.43. The molecule has 0 aromatic rings. The van der Waals surface area contributed by atoms with Crippen LogP contribution in [0.4, 0.5) is 0 Å². The molecule has 0 aromatic heterocycles. The highest BCUT2D eigenvalue weighted by Gasteiger charge is 2.18. The van der Waals surface area contributed by atoms with Crippen molar-refractivity contribution in [1.29, 1.82) is 0 Å². The predicted octanol–water partition coefficient (Wildman–Crippen LogP) is -0.158. The number of nitrogens with one attached hydrogen (secondary N) is 1. The Labute approximate surface area is 108 Å². The van der Waals surface area contributed by atoms with E-state index in [-0.39, 0.29) is 25.7 Å². The fourth-order valence-electron chi connectivity index (χ4n) is 1.12. The van der Waals surface area contributed by atoms with Gasteiger partial charge in [-0.1, -0.05) is 12.2 Å². The fraction of sp³-hybridized carbons (Fsp3) is 0.455. The number of carboxylic acid groups (broad SMARTS) is 3. The minimum absolute atomic E-state index is 0.0680. The van der Waals surface area contributed by atoms with Crippen LogP contribution in [-0.2, 0) is 19.2 Å². The zero-order valence-electron chi connectivity index (χ0n) is 10.0. The van der Waals surface area contributed by atoms with Gasteiger partial charge in [-0.25, -0.2) is 4.79 Å². The van der Waals surface area contributed by atoms with Gasteiger partial charge in [0.15, 0.2) is 0 Å². The number of rotatable bonds is 9. The Hall–Kier alpha value is -2.38. The van der Waals surface area contributed by atoms with E-state index in [4.69, 9.17) is 15.3 Å². The molecule has 8 nitrogen and oxygen atoms in total. The van der Waals surface area contributed by atoms with E-state index in [1.54, 1.807) is 0 Å². The molecule has 0 saturated carbocycles. The molecule has 0 aliphatic carbocycles. The Morgan fingerprint density at radius 1 is 0.947 bits per heavy atom. The monoisotopic (exact) mass is 273 g/mol. The lowest BCUT2D eigenvalue weighted by atomic mass is 10.1. The lowest BCUT2D eigenvalue weighted by Crippen LogP contribution is -2.40. The van der Waals surface area contributed by atoms with Gasteiger partial charge < -0.3 is 20.6 Å². The summed E-state index contributed by atoms with van der Waals surface area (Å²) in [6, 6.07) is -1.20. The van der Waals surface area contributed by atoms with Crippen molar-refractivity contribution in [3.05, 3.63) is 12.2 Å². The maximum atomic E-state index is 11.2. The second-order valence-electron chi connectivity index (χ2n) is 3.66. The van der Waals surface area contributed by atoms with Gasteiger partial charge in [0.05, 0.1) is 12.8 Å². The third-order valence-corrected chi connectivity index (χ3v) is 2.03. The van der Waals surface area contributed by atoms with E-state index >= 15 is 0 Å². The molecule has 19 heavy (non-hydrogen) atoms. The van der Waals surface area contributed by atoms with Gasteiger partial charge in [0.2, 0.25) is 5.91 Å². The number of aliphatic carboxylic acids is 3. The van der Waals surface area contributed by atoms with Gasteiger partial charge in [-0.3, -0.25) is 14.4 Å². The molecule has 0 fully saturated rings. The molecule has 0 spiro atoms. The van der Waals surface area contributed by atoms with Gasteiger partial charge in [0.1, 0.15) is 6.04 Å². The lowest BCUT2D eigenvalue weighted by molar-refractivity contribution is -0.142. The van der Waals surface area contributed by atoms with Crippen LogP contribution in [0, 0.1) is 0 Å². The normalized spacial score (nSPS) is 12.0. The second kappa shape index (κ2) is 8.67. The minimum Gasteiger partial charge on any atom is -0.481 e. The van der Waals surface area contributed by atoms with Gasteiger partial charge in [-0.05, 0) is 6.42 Å². The molecule has 0 aliphatic heterocycles. The van der Waals surface area contributed by atoms with Crippen LogP contribution in [0.2, 0.25) is 0 Å². The van der Waals surface area contributed by atoms with Crippen LogP contribution in [0.15, 0.2) is 12.2 Å². The number of carboxylic acids is 3. The minimum atomic E-state index is -1.27. The predicted molar refractivity (Wildman–Crippen MR) is 62.4 cm³/mol. The molecule has 0 heterocycles. The van der Waals surface area contributed by atoms with E-state index in [2.05, 4.69) is 5.32 Å². The van der Waals surface area contributed by atoms with Crippen molar-refractivity contribution in [3.63, 3.8) is 0 Å². The molecule has 0 saturated heterocycles. The molecule has 0 bridgehead atoms. The highest BCUT2D eigenvalue weighted by molar-refractivity contribution is 5.85. The van der Waals surface area contributed by atoms with Crippen LogP contribution < -0.4 is 5.32 Å². The van der Waals surface area contributed by atoms with Crippen LogP contribution in [0.5, 0.6) is 0 Å². The summed E-state index contributed by atoms with van der Waals surface area (Å²) in [5.41, 5.74) is 0. The van der Waals surface area contributed by atoms with Gasteiger partial charge in [0, 0.05) is 6.42 Å². The topological polar surface area (TPSA) is 141 Å². The molecule has 0 radical (unpaired) electrons. The van der Waals surface area contributed by atoms with Gasteiger partial charge >= 0.3 is 17.9 Å². The van der Waals surface area contributed by atoms with Crippen LogP contribution in [0.1, 0.15) is 25.7 Å². The first kappa shape index (κ1) is 16.6. The van der Waals surface area contributed by atoms with Crippen molar-refractivity contribution in [2.24, 2.45) is 0 Å². The van der Waals surface area contributed by atoms with E-state index in [9.17, 15) is 19.2 Å². The van der Waals surface area contributed by atoms with Gasteiger partial charge in [-0.2, -0.15) is 0 Å². The molecule has 1 atom stereocenters. The summed E-state index contributed by atoms with van der Waals surface area (Å²) in [7, 11) is 0. The summed E-state index contributed by atoms with van der Waals surface area (Å²) >= 11 is 0. The summed E-state index contributed by atoms with van der Waals surface area (Å²) in [6.07, 6.45) is 1.62. The molecular formula is C11H15NO7. The average molecular weight is 273 g/mol. The molecule has 8 heteroatoms. The molecule has 0 aromatic carbocycles. The highest BCUT2D eigenvalue weighted by Crippen LogP contribution is 1.98. The van der Waals surface area contributed by atoms with E-state index in [0.717, 1.165) is 0 Å². The molecule has 0 aliphatic rings. The van der Waals surface area contributed by atoms with Crippen molar-refractivity contribution in [2.45, 2.75) is 31.7 Å². The smallest absolute Gasteiger partial charge is 0.326 e. The lowest BCUT2D eigenvalue weighted by Gasteiger charge is -2.11. The van der Waals surface area contributed by atoms with Crippen molar-refractivity contribution >= 4 is 23.8 Å². The molecule has 1 amide bonds. The molecule has 1 unspecified atom stereocenters. The Bertz CT molecular complexity index is 389. The van der Waals surface area contributed by atoms with Gasteiger partial charge in [0.25, 0.3) is 0 Å². The Kier molecular flexibility index (Phi) is 7.59. The Morgan fingerprint density at radius 3 is 2.05 bits per heavy atom. The molecule has 0 rings (SSSR count). The summed E-state index contributed by atoms with van der Waals surface area (Å²) in [5, 5.41) is 27.7. The van der Waals surface area contributed by atoms with Crippen molar-refractivity contribution < 1.29 is 34.5 Å². The van der Waals surface area contributed by atoms with Crippen LogP contribution in [-0.4, -0.2) is 45.2 Å². The van der Waals surface area contributed by atoms with E-state index in [1.807, 2.05) is 0 Å². The molecule has 4 N–H and O–H groups in total. The van der Waals surface area contributed by atoms with Crippen molar-refractivity contribution in [1.82, 2.24) is 5.32 Å². The van der Waals surface area contributed by atoms with E-state index < -0.39 is 29.9 Å². The van der Waals surface area contributed by atoms with Crippen LogP contribution in [0.25, 0.3) is 0 Å². The van der Waals surface area contributed by atoms with Crippen LogP contribution in [0.3, 0.4) is 0 Å². The summed E-state index contributed by atoms with van der Waals surface area (Å²) < 4.78 is 0. The van der Waals surface area contributed by atoms with Crippen molar-refractivity contribution in [3.8, 4) is 0 Å². The van der Waals surface area contributed by atoms with Gasteiger partial charge in [-0.15, -0.1) is 0 Å². The van der Waals surface area contributed by atoms with Crippen LogP contribution >= 0.6 is 0 Å². The Morgan fingerprint density at radius 2 is 1.58 bits per heavy atom. The molecular weight excluding hydrogens is 258 g/mol. The Balaban J connectivity index is 4.22. The number of carbonyl (C=O) groups excluding carboxylic acids is 1. The fourth-order valence-corrected chi connectivity index (χ4v) is 1.12. The maximum absolute atomic E-state index is 11.2. The number of amides is 1. The van der Waals surface area contributed by atoms with E-state index in [1.165, 1.54) is 12.2 Å². The third-order valence-electron chi connectivity index (χ3n) is 2.03. The number of hydrogen-bond acceptors (Lipinski definition) is 4. The summed E-state index contributed by atoms with van der Waals surface area (Å²) in [4.78, 5) is 42.5. The SMILES string of the molecule is O=C(O)C/C=C/CC(NC(=O)CCC(=O)O)C(=O)O. The maximum Gasteiger partial charge on any atom is 0.326 e. The largest absolute Gasteiger partial charge is 0.481 e. The first-order chi connectivity index (χ1) is 8.82. The second-order valence-corrected chi connectivity index (χ2v) is 3.66. The zero-order chi connectivity index (χ0) is 14.8. The average Bonchev–Trinajstić information content (AvgIpc) is 2.29. The third kappa shape index (κ3) is 9.33. The van der Waals surface area contributed by atoms with E-state index in [0.29, 0.717) is 0 Å². The first-order valence-corrected chi connectivity index (χ1v) is 5.43. The highest BCUT2D eigenvalue weighted by atomic mass is 16.4. The number of carbonyl (C=O) groups is 4.